The molecule has 4 rings (SSSR count). The number of hydrogen-bond acceptors (Lipinski definition) is 3. The Balaban J connectivity index is 1.69. The Morgan fingerprint density at radius 3 is 3.00 bits per heavy atom. The van der Waals surface area contributed by atoms with Gasteiger partial charge in [0.2, 0.25) is 5.56 Å². The summed E-state index contributed by atoms with van der Waals surface area (Å²) in [7, 11) is 0. The van der Waals surface area contributed by atoms with Gasteiger partial charge >= 0.3 is 0 Å². The van der Waals surface area contributed by atoms with Crippen LogP contribution in [0.2, 0.25) is 0 Å². The summed E-state index contributed by atoms with van der Waals surface area (Å²) in [6.45, 7) is 1.17. The molecule has 1 fully saturated rings. The smallest absolute Gasteiger partial charge is 0.254 e. The van der Waals surface area contributed by atoms with E-state index in [1.54, 1.807) is 17.3 Å². The summed E-state index contributed by atoms with van der Waals surface area (Å²) in [5.41, 5.74) is 0.218. The molecule has 0 bridgehead atoms. The molecular weight excluding hydrogens is 323 g/mol. The Bertz CT molecular complexity index is 980. The van der Waals surface area contributed by atoms with E-state index in [0.29, 0.717) is 29.6 Å². The molecule has 0 saturated carbocycles. The molecule has 3 heterocycles. The van der Waals surface area contributed by atoms with Crippen molar-refractivity contribution in [3.05, 3.63) is 64.2 Å². The Morgan fingerprint density at radius 2 is 2.20 bits per heavy atom. The maximum absolute atomic E-state index is 13.4. The number of carbonyl (C=O) groups is 1. The summed E-state index contributed by atoms with van der Waals surface area (Å²) < 4.78 is 13.4. The first-order chi connectivity index (χ1) is 12.1. The molecule has 1 aromatic carbocycles. The van der Waals surface area contributed by atoms with E-state index in [0.717, 1.165) is 18.7 Å². The van der Waals surface area contributed by atoms with Crippen LogP contribution in [0.4, 0.5) is 4.39 Å². The molecule has 0 aliphatic carbocycles. The van der Waals surface area contributed by atoms with Crippen LogP contribution in [0.1, 0.15) is 34.9 Å². The zero-order valence-electron chi connectivity index (χ0n) is 13.5. The number of carbonyl (C=O) groups excluding carboxylic acids is 1. The predicted octanol–water partition coefficient (Wildman–Crippen LogP) is 2.41. The monoisotopic (exact) mass is 340 g/mol. The maximum Gasteiger partial charge on any atom is 0.254 e. The van der Waals surface area contributed by atoms with Gasteiger partial charge < -0.3 is 14.9 Å². The van der Waals surface area contributed by atoms with Gasteiger partial charge in [-0.2, -0.15) is 0 Å². The van der Waals surface area contributed by atoms with E-state index in [2.05, 4.69) is 15.0 Å². The van der Waals surface area contributed by atoms with Crippen LogP contribution in [-0.2, 0) is 0 Å². The molecule has 0 unspecified atom stereocenters. The fraction of sp³-hybridized carbons (Fsp3) is 0.278. The number of aromatic amines is 2. The Labute approximate surface area is 142 Å². The Kier molecular flexibility index (Phi) is 3.83. The van der Waals surface area contributed by atoms with Gasteiger partial charge in [0.25, 0.3) is 5.91 Å². The van der Waals surface area contributed by atoms with E-state index in [9.17, 15) is 14.0 Å². The molecule has 25 heavy (non-hydrogen) atoms. The fourth-order valence-corrected chi connectivity index (χ4v) is 3.47. The van der Waals surface area contributed by atoms with E-state index in [1.807, 2.05) is 0 Å². The molecule has 0 radical (unpaired) electrons. The van der Waals surface area contributed by atoms with Crippen LogP contribution in [-0.4, -0.2) is 38.8 Å². The van der Waals surface area contributed by atoms with Gasteiger partial charge in [0.1, 0.15) is 11.6 Å². The minimum absolute atomic E-state index is 0.151. The minimum Gasteiger partial charge on any atom is -0.348 e. The molecule has 3 aromatic rings. The number of fused-ring (bicyclic) bond motifs is 1. The van der Waals surface area contributed by atoms with Crippen LogP contribution >= 0.6 is 0 Å². The number of amides is 1. The zero-order chi connectivity index (χ0) is 17.4. The summed E-state index contributed by atoms with van der Waals surface area (Å²) in [6, 6.07) is 5.34. The quantitative estimate of drug-likeness (QED) is 0.752. The van der Waals surface area contributed by atoms with Crippen molar-refractivity contribution in [3.63, 3.8) is 0 Å². The van der Waals surface area contributed by atoms with Crippen molar-refractivity contribution < 1.29 is 9.18 Å². The maximum atomic E-state index is 13.4. The lowest BCUT2D eigenvalue weighted by Crippen LogP contribution is -2.39. The highest BCUT2D eigenvalue weighted by atomic mass is 19.1. The zero-order valence-corrected chi connectivity index (χ0v) is 13.5. The van der Waals surface area contributed by atoms with Gasteiger partial charge in [-0.25, -0.2) is 9.37 Å². The number of halogens is 1. The van der Waals surface area contributed by atoms with Crippen molar-refractivity contribution in [2.24, 2.45) is 0 Å². The highest BCUT2D eigenvalue weighted by molar-refractivity contribution is 6.06. The number of imidazole rings is 1. The van der Waals surface area contributed by atoms with E-state index in [1.165, 1.54) is 24.3 Å². The second kappa shape index (κ2) is 6.16. The van der Waals surface area contributed by atoms with Crippen LogP contribution < -0.4 is 5.56 Å². The third kappa shape index (κ3) is 2.93. The summed E-state index contributed by atoms with van der Waals surface area (Å²) in [5, 5.41) is 0.547. The topological polar surface area (TPSA) is 81.8 Å². The summed E-state index contributed by atoms with van der Waals surface area (Å²) in [5.74, 6) is 0.358. The predicted molar refractivity (Wildman–Crippen MR) is 91.0 cm³/mol. The van der Waals surface area contributed by atoms with Crippen LogP contribution in [0.15, 0.2) is 41.5 Å². The molecule has 2 aromatic heterocycles. The van der Waals surface area contributed by atoms with E-state index in [-0.39, 0.29) is 11.8 Å². The molecule has 128 valence electrons. The van der Waals surface area contributed by atoms with Crippen molar-refractivity contribution in [1.29, 1.82) is 0 Å². The van der Waals surface area contributed by atoms with Crippen LogP contribution in [0.3, 0.4) is 0 Å². The number of nitrogens with zero attached hydrogens (tertiary/aromatic N) is 2. The average Bonchev–Trinajstić information content (AvgIpc) is 3.15. The van der Waals surface area contributed by atoms with E-state index < -0.39 is 11.4 Å². The van der Waals surface area contributed by atoms with Gasteiger partial charge in [-0.05, 0) is 31.0 Å². The molecule has 1 aliphatic heterocycles. The molecule has 1 saturated heterocycles. The molecule has 1 amide bonds. The van der Waals surface area contributed by atoms with Crippen molar-refractivity contribution in [2.75, 3.05) is 13.1 Å². The molecule has 1 atom stereocenters. The second-order valence-corrected chi connectivity index (χ2v) is 6.30. The normalized spacial score (nSPS) is 17.8. The van der Waals surface area contributed by atoms with Crippen molar-refractivity contribution in [3.8, 4) is 0 Å². The molecular formula is C18H17FN4O2. The molecule has 7 heteroatoms. The standard InChI is InChI=1S/C18H17FN4O2/c19-12-3-4-13-14(9-16(24)22-15(13)8-12)18(25)23-7-1-2-11(10-23)17-20-5-6-21-17/h3-6,8-9,11H,1-2,7,10H2,(H,20,21)(H,22,24)/t11-/m0/s1. The Hall–Kier alpha value is -2.96. The third-order valence-electron chi connectivity index (χ3n) is 4.65. The van der Waals surface area contributed by atoms with Gasteiger partial charge in [0.05, 0.1) is 11.1 Å². The number of H-pyrrole nitrogens is 2. The minimum atomic E-state index is -0.455. The SMILES string of the molecule is O=C(c1cc(=O)[nH]c2cc(F)ccc12)N1CCC[C@H](c2ncc[nH]2)C1. The van der Waals surface area contributed by atoms with Gasteiger partial charge in [-0.15, -0.1) is 0 Å². The molecule has 0 spiro atoms. The lowest BCUT2D eigenvalue weighted by molar-refractivity contribution is 0.0706. The average molecular weight is 340 g/mol. The first-order valence-electron chi connectivity index (χ1n) is 8.23. The fourth-order valence-electron chi connectivity index (χ4n) is 3.47. The highest BCUT2D eigenvalue weighted by Gasteiger charge is 2.27. The number of aromatic nitrogens is 3. The lowest BCUT2D eigenvalue weighted by atomic mass is 9.96. The first-order valence-corrected chi connectivity index (χ1v) is 8.23. The molecule has 6 nitrogen and oxygen atoms in total. The van der Waals surface area contributed by atoms with Crippen LogP contribution in [0.5, 0.6) is 0 Å². The van der Waals surface area contributed by atoms with E-state index in [4.69, 9.17) is 0 Å². The van der Waals surface area contributed by atoms with Gasteiger partial charge in [0, 0.05) is 42.9 Å². The van der Waals surface area contributed by atoms with Crippen molar-refractivity contribution >= 4 is 16.8 Å². The van der Waals surface area contributed by atoms with E-state index >= 15 is 0 Å². The number of nitrogens with one attached hydrogen (secondary N) is 2. The summed E-state index contributed by atoms with van der Waals surface area (Å²) in [6.07, 6.45) is 5.30. The van der Waals surface area contributed by atoms with Crippen LogP contribution in [0, 0.1) is 5.82 Å². The first kappa shape index (κ1) is 15.6. The Morgan fingerprint density at radius 1 is 1.32 bits per heavy atom. The number of piperidine rings is 1. The summed E-state index contributed by atoms with van der Waals surface area (Å²) >= 11 is 0. The second-order valence-electron chi connectivity index (χ2n) is 6.30. The summed E-state index contributed by atoms with van der Waals surface area (Å²) in [4.78, 5) is 36.6. The third-order valence-corrected chi connectivity index (χ3v) is 4.65. The van der Waals surface area contributed by atoms with Gasteiger partial charge in [0.15, 0.2) is 0 Å². The van der Waals surface area contributed by atoms with Gasteiger partial charge in [-0.3, -0.25) is 9.59 Å². The van der Waals surface area contributed by atoms with Crippen molar-refractivity contribution in [2.45, 2.75) is 18.8 Å². The lowest BCUT2D eigenvalue weighted by Gasteiger charge is -2.32. The number of benzene rings is 1. The largest absolute Gasteiger partial charge is 0.348 e. The number of pyridine rings is 1. The number of likely N-dealkylation sites (tertiary alicyclic amines) is 1. The number of rotatable bonds is 2. The van der Waals surface area contributed by atoms with Crippen LogP contribution in [0.25, 0.3) is 10.9 Å². The molecule has 1 aliphatic rings. The van der Waals surface area contributed by atoms with Gasteiger partial charge in [-0.1, -0.05) is 0 Å². The number of hydrogen-bond donors (Lipinski definition) is 2. The molecule has 2 N–H and O–H groups in total. The highest BCUT2D eigenvalue weighted by Crippen LogP contribution is 2.26. The van der Waals surface area contributed by atoms with Crippen molar-refractivity contribution in [1.82, 2.24) is 19.9 Å².